The summed E-state index contributed by atoms with van der Waals surface area (Å²) in [7, 11) is 1.69. The third kappa shape index (κ3) is 9.95. The monoisotopic (exact) mass is 805 g/mol. The normalized spacial score (nSPS) is 15.9. The second-order valence-corrected chi connectivity index (χ2v) is 10.4. The van der Waals surface area contributed by atoms with Crippen molar-refractivity contribution in [3.05, 3.63) is 84.4 Å². The maximum atomic E-state index is 9.80. The van der Waals surface area contributed by atoms with Crippen LogP contribution in [0.1, 0.15) is 11.4 Å². The number of methoxy groups -OCH3 is 1. The van der Waals surface area contributed by atoms with E-state index in [-0.39, 0.29) is 19.1 Å². The van der Waals surface area contributed by atoms with Gasteiger partial charge < -0.3 is 19.3 Å². The third-order valence-electron chi connectivity index (χ3n) is 4.80. The molecule has 2 aliphatic heterocycles. The van der Waals surface area contributed by atoms with E-state index in [0.717, 1.165) is 24.1 Å². The Morgan fingerprint density at radius 2 is 1.11 bits per heavy atom. The van der Waals surface area contributed by atoms with Crippen LogP contribution in [0.15, 0.2) is 73.0 Å². The molecule has 5 heterocycles. The first-order chi connectivity index (χ1) is 16.8. The van der Waals surface area contributed by atoms with Crippen LogP contribution >= 0.6 is 77.2 Å². The van der Waals surface area contributed by atoms with Gasteiger partial charge in [0.15, 0.2) is 11.2 Å². The number of aromatic nitrogens is 3. The zero-order valence-electron chi connectivity index (χ0n) is 18.9. The highest BCUT2D eigenvalue weighted by molar-refractivity contribution is 9.11. The molecule has 3 aromatic heterocycles. The molecular weight excluding hydrogens is 786 g/mol. The quantitative estimate of drug-likeness (QED) is 0.346. The van der Waals surface area contributed by atoms with E-state index in [1.54, 1.807) is 13.2 Å². The Bertz CT molecular complexity index is 1070. The number of rotatable bonds is 3. The minimum Gasteiger partial charge on any atom is -0.379 e. The minimum absolute atomic E-state index is 0. The van der Waals surface area contributed by atoms with E-state index in [0.29, 0.717) is 32.1 Å². The van der Waals surface area contributed by atoms with Gasteiger partial charge in [-0.2, -0.15) is 13.5 Å². The number of ether oxygens (including phenoxy) is 3. The number of pyridine rings is 3. The van der Waals surface area contributed by atoms with Crippen molar-refractivity contribution >= 4 is 99.6 Å². The molecule has 0 saturated carbocycles. The molecule has 0 atom stereocenters. The van der Waals surface area contributed by atoms with Crippen molar-refractivity contribution in [1.29, 1.82) is 0 Å². The first-order valence-electron chi connectivity index (χ1n) is 9.90. The average Bonchev–Trinajstić information content (AvgIpc) is 2.79. The fraction of sp³-hybridized carbons (Fsp3) is 0.318. The van der Waals surface area contributed by atoms with Crippen LogP contribution in [-0.4, -0.2) is 53.6 Å². The Kier molecular flexibility index (Phi) is 15.9. The van der Waals surface area contributed by atoms with E-state index >= 15 is 0 Å². The summed E-state index contributed by atoms with van der Waals surface area (Å²) < 4.78 is 18.7. The maximum Gasteiger partial charge on any atom is 0.156 e. The second kappa shape index (κ2) is 16.9. The molecule has 14 heteroatoms. The molecule has 0 amide bonds. The van der Waals surface area contributed by atoms with E-state index in [1.807, 2.05) is 48.5 Å². The molecule has 0 radical (unpaired) electrons. The Morgan fingerprint density at radius 3 is 1.42 bits per heavy atom. The molecule has 2 saturated heterocycles. The molecule has 0 aromatic carbocycles. The predicted octanol–water partition coefficient (Wildman–Crippen LogP) is 5.49. The summed E-state index contributed by atoms with van der Waals surface area (Å²) in [4.78, 5) is 12.5. The van der Waals surface area contributed by atoms with Gasteiger partial charge in [0.25, 0.3) is 0 Å². The van der Waals surface area contributed by atoms with E-state index in [9.17, 15) is 5.11 Å². The van der Waals surface area contributed by atoms with Crippen LogP contribution in [0.5, 0.6) is 0 Å². The summed E-state index contributed by atoms with van der Waals surface area (Å²) in [6, 6.07) is 17.0. The number of hydrogen-bond acceptors (Lipinski definition) is 9. The van der Waals surface area contributed by atoms with Crippen molar-refractivity contribution in [3.63, 3.8) is 0 Å². The van der Waals surface area contributed by atoms with E-state index < -0.39 is 5.60 Å². The predicted molar refractivity (Wildman–Crippen MR) is 163 cm³/mol. The second-order valence-electron chi connectivity index (χ2n) is 7.19. The van der Waals surface area contributed by atoms with Gasteiger partial charge in [-0.1, -0.05) is 18.2 Å². The Labute approximate surface area is 260 Å². The van der Waals surface area contributed by atoms with Gasteiger partial charge in [0.05, 0.1) is 37.8 Å². The first kappa shape index (κ1) is 34.0. The summed E-state index contributed by atoms with van der Waals surface area (Å²) >= 11 is 20.3. The highest BCUT2D eigenvalue weighted by atomic mass is 79.9. The number of aliphatic hydroxyl groups is 1. The number of nitrogens with zero attached hydrogens (tertiary/aromatic N) is 3. The highest BCUT2D eigenvalue weighted by Crippen LogP contribution is 2.32. The van der Waals surface area contributed by atoms with Crippen LogP contribution < -0.4 is 0 Å². The Balaban J connectivity index is 0.000000264. The van der Waals surface area contributed by atoms with Gasteiger partial charge in [0, 0.05) is 29.5 Å². The smallest absolute Gasteiger partial charge is 0.156 e. The summed E-state index contributed by atoms with van der Waals surface area (Å²) in [6.07, 6.45) is 0. The van der Waals surface area contributed by atoms with Crippen molar-refractivity contribution in [3.8, 4) is 0 Å². The molecule has 7 nitrogen and oxygen atoms in total. The zero-order chi connectivity index (χ0) is 25.9. The molecule has 0 bridgehead atoms. The molecule has 3 aromatic rings. The summed E-state index contributed by atoms with van der Waals surface area (Å²) in [5.41, 5.74) is 0.423. The Hall–Kier alpha value is -0.0000000000000000555. The van der Waals surface area contributed by atoms with Crippen LogP contribution in [-0.2, 0) is 47.8 Å². The standard InChI is InChI=1S/C9H10BrNO2.C8H8BrNO2.C5H3Br2N.S2.H2S/c1-12-9(5-13-6-9)7-3-2-4-8(10)11-7;9-7-3-1-2-6(10-7)8(11)4-12-5-8;6-4-2-1-3-5(7)8-4;1-2;/h2-4H,5-6H2,1H3;1-3,11H,4-5H2;1-3H;;1H2. The van der Waals surface area contributed by atoms with E-state index in [1.165, 1.54) is 0 Å². The largest absolute Gasteiger partial charge is 0.379 e. The molecule has 1 N–H and O–H groups in total. The molecule has 0 unspecified atom stereocenters. The highest BCUT2D eigenvalue weighted by Gasteiger charge is 2.42. The van der Waals surface area contributed by atoms with E-state index in [4.69, 9.17) is 14.2 Å². The lowest BCUT2D eigenvalue weighted by Crippen LogP contribution is -2.48. The van der Waals surface area contributed by atoms with Crippen molar-refractivity contribution in [2.24, 2.45) is 0 Å². The number of hydrogen-bond donors (Lipinski definition) is 1. The third-order valence-corrected chi connectivity index (χ3v) is 6.56. The van der Waals surface area contributed by atoms with Gasteiger partial charge in [-0.15, -0.1) is 0 Å². The lowest BCUT2D eigenvalue weighted by Gasteiger charge is -2.39. The lowest BCUT2D eigenvalue weighted by atomic mass is 9.97. The number of halogens is 4. The molecule has 0 aliphatic carbocycles. The van der Waals surface area contributed by atoms with Crippen LogP contribution in [0.3, 0.4) is 0 Å². The van der Waals surface area contributed by atoms with Crippen LogP contribution in [0, 0.1) is 0 Å². The van der Waals surface area contributed by atoms with Gasteiger partial charge in [0.2, 0.25) is 0 Å². The van der Waals surface area contributed by atoms with Gasteiger partial charge in [-0.3, -0.25) is 0 Å². The topological polar surface area (TPSA) is 86.6 Å². The van der Waals surface area contributed by atoms with Crippen LogP contribution in [0.4, 0.5) is 0 Å². The van der Waals surface area contributed by atoms with Crippen LogP contribution in [0.25, 0.3) is 0 Å². The fourth-order valence-electron chi connectivity index (χ4n) is 2.81. The van der Waals surface area contributed by atoms with Crippen molar-refractivity contribution in [2.45, 2.75) is 11.2 Å². The van der Waals surface area contributed by atoms with Gasteiger partial charge in [-0.25, -0.2) is 15.0 Å². The molecule has 196 valence electrons. The molecule has 5 rings (SSSR count). The first-order valence-corrected chi connectivity index (χ1v) is 14.4. The summed E-state index contributed by atoms with van der Waals surface area (Å²) in [5.74, 6) is 0. The Morgan fingerprint density at radius 1 is 0.722 bits per heavy atom. The SMILES string of the molecule is Brc1cccc(Br)n1.COC1(c2cccc(Br)n2)COC1.OC1(c2cccc(Br)n2)COC1.S.S=S. The molecule has 2 fully saturated rings. The molecule has 0 spiro atoms. The molecule has 36 heavy (non-hydrogen) atoms. The average molecular weight is 809 g/mol. The molecule has 2 aliphatic rings. The van der Waals surface area contributed by atoms with Gasteiger partial charge >= 0.3 is 0 Å². The molecular formula is C22H23Br4N3O4S3. The summed E-state index contributed by atoms with van der Waals surface area (Å²) in [6.45, 7) is 1.87. The maximum absolute atomic E-state index is 9.80. The summed E-state index contributed by atoms with van der Waals surface area (Å²) in [5, 5.41) is 9.80. The van der Waals surface area contributed by atoms with Crippen molar-refractivity contribution in [2.75, 3.05) is 33.5 Å². The van der Waals surface area contributed by atoms with Crippen molar-refractivity contribution < 1.29 is 19.3 Å². The van der Waals surface area contributed by atoms with Crippen molar-refractivity contribution in [1.82, 2.24) is 15.0 Å². The lowest BCUT2D eigenvalue weighted by molar-refractivity contribution is -0.204. The zero-order valence-corrected chi connectivity index (χ0v) is 27.8. The van der Waals surface area contributed by atoms with Gasteiger partial charge in [0.1, 0.15) is 18.4 Å². The van der Waals surface area contributed by atoms with Crippen LogP contribution in [0.2, 0.25) is 0 Å². The minimum atomic E-state index is -0.857. The van der Waals surface area contributed by atoms with E-state index in [2.05, 4.69) is 101 Å². The van der Waals surface area contributed by atoms with Gasteiger partial charge in [-0.05, 0) is 100 Å². The fourth-order valence-corrected chi connectivity index (χ4v) is 4.43.